The molecule has 0 spiro atoms. The van der Waals surface area contributed by atoms with Crippen LogP contribution < -0.4 is 5.32 Å². The molecule has 0 aromatic carbocycles. The number of aliphatic imine (C=N–C) groups is 1. The van der Waals surface area contributed by atoms with E-state index in [9.17, 15) is 5.11 Å². The quantitative estimate of drug-likeness (QED) is 0.395. The maximum absolute atomic E-state index is 10.4. The molecule has 2 rings (SSSR count). The summed E-state index contributed by atoms with van der Waals surface area (Å²) in [4.78, 5) is 9.36. The number of aromatic nitrogens is 1. The fourth-order valence-corrected chi connectivity index (χ4v) is 2.10. The van der Waals surface area contributed by atoms with E-state index in [2.05, 4.69) is 15.3 Å². The number of furan rings is 1. The zero-order valence-electron chi connectivity index (χ0n) is 13.0. The Bertz CT molecular complexity index is 564. The van der Waals surface area contributed by atoms with Crippen LogP contribution in [0.4, 0.5) is 0 Å². The van der Waals surface area contributed by atoms with E-state index in [1.165, 1.54) is 0 Å². The van der Waals surface area contributed by atoms with Crippen molar-refractivity contribution in [3.8, 4) is 0 Å². The molecular formula is C15H23IN4O2. The van der Waals surface area contributed by atoms with Gasteiger partial charge in [0.15, 0.2) is 5.96 Å². The molecule has 0 aliphatic carbocycles. The van der Waals surface area contributed by atoms with E-state index in [0.717, 1.165) is 5.69 Å². The molecular weight excluding hydrogens is 395 g/mol. The number of hydrogen-bond acceptors (Lipinski definition) is 3. The third-order valence-corrected chi connectivity index (χ3v) is 3.29. The zero-order valence-corrected chi connectivity index (χ0v) is 15.4. The third-order valence-electron chi connectivity index (χ3n) is 3.29. The molecule has 0 radical (unpaired) electrons. The van der Waals surface area contributed by atoms with Gasteiger partial charge in [-0.3, -0.25) is 4.99 Å². The maximum Gasteiger partial charge on any atom is 0.193 e. The van der Waals surface area contributed by atoms with Gasteiger partial charge in [0.25, 0.3) is 0 Å². The summed E-state index contributed by atoms with van der Waals surface area (Å²) in [5, 5.41) is 13.6. The molecule has 6 nitrogen and oxygen atoms in total. The number of nitrogens with one attached hydrogen (secondary N) is 2. The largest absolute Gasteiger partial charge is 0.466 e. The van der Waals surface area contributed by atoms with E-state index in [1.807, 2.05) is 30.3 Å². The normalized spacial score (nSPS) is 14.1. The molecule has 0 aliphatic rings. The van der Waals surface area contributed by atoms with E-state index in [0.29, 0.717) is 24.8 Å². The highest BCUT2D eigenvalue weighted by Gasteiger charge is 2.26. The molecule has 0 aliphatic heterocycles. The Labute approximate surface area is 147 Å². The predicted octanol–water partition coefficient (Wildman–Crippen LogP) is 2.14. The van der Waals surface area contributed by atoms with Crippen LogP contribution in [0.15, 0.2) is 46.1 Å². The number of aliphatic hydroxyl groups is 1. The average Bonchev–Trinajstić information content (AvgIpc) is 3.12. The lowest BCUT2D eigenvalue weighted by Crippen LogP contribution is -2.44. The van der Waals surface area contributed by atoms with Crippen LogP contribution in [-0.2, 0) is 12.1 Å². The van der Waals surface area contributed by atoms with Crippen LogP contribution >= 0.6 is 24.0 Å². The first-order chi connectivity index (χ1) is 10.0. The van der Waals surface area contributed by atoms with Crippen molar-refractivity contribution >= 4 is 29.9 Å². The van der Waals surface area contributed by atoms with E-state index in [4.69, 9.17) is 4.42 Å². The lowest BCUT2D eigenvalue weighted by atomic mass is 10.0. The number of guanidine groups is 1. The van der Waals surface area contributed by atoms with Crippen molar-refractivity contribution in [2.24, 2.45) is 4.99 Å². The highest BCUT2D eigenvalue weighted by Crippen LogP contribution is 2.19. The van der Waals surface area contributed by atoms with Crippen molar-refractivity contribution < 1.29 is 9.52 Å². The van der Waals surface area contributed by atoms with Crippen LogP contribution in [0.3, 0.4) is 0 Å². The molecule has 7 heteroatoms. The van der Waals surface area contributed by atoms with Crippen molar-refractivity contribution in [2.75, 3.05) is 20.6 Å². The summed E-state index contributed by atoms with van der Waals surface area (Å²) in [6.07, 6.45) is 3.44. The van der Waals surface area contributed by atoms with Gasteiger partial charge in [-0.1, -0.05) is 0 Å². The summed E-state index contributed by atoms with van der Waals surface area (Å²) in [6.45, 7) is 2.72. The van der Waals surface area contributed by atoms with Gasteiger partial charge in [0.2, 0.25) is 0 Å². The van der Waals surface area contributed by atoms with Gasteiger partial charge >= 0.3 is 0 Å². The lowest BCUT2D eigenvalue weighted by molar-refractivity contribution is 0.0381. The van der Waals surface area contributed by atoms with Crippen LogP contribution in [0.5, 0.6) is 0 Å². The molecule has 0 saturated heterocycles. The highest BCUT2D eigenvalue weighted by atomic mass is 127. The second-order valence-corrected chi connectivity index (χ2v) is 5.20. The maximum atomic E-state index is 10.4. The fourth-order valence-electron chi connectivity index (χ4n) is 2.10. The minimum atomic E-state index is -1.09. The van der Waals surface area contributed by atoms with Gasteiger partial charge in [-0.15, -0.1) is 24.0 Å². The zero-order chi connectivity index (χ0) is 15.3. The van der Waals surface area contributed by atoms with Gasteiger partial charge in [-0.25, -0.2) is 0 Å². The number of halogens is 1. The minimum Gasteiger partial charge on any atom is -0.466 e. The Morgan fingerprint density at radius 1 is 1.45 bits per heavy atom. The highest BCUT2D eigenvalue weighted by molar-refractivity contribution is 14.0. The van der Waals surface area contributed by atoms with Crippen molar-refractivity contribution in [1.82, 2.24) is 15.2 Å². The van der Waals surface area contributed by atoms with Crippen molar-refractivity contribution in [3.63, 3.8) is 0 Å². The molecule has 2 heterocycles. The topological polar surface area (TPSA) is 76.8 Å². The van der Waals surface area contributed by atoms with Crippen LogP contribution in [0, 0.1) is 0 Å². The molecule has 2 aromatic heterocycles. The summed E-state index contributed by atoms with van der Waals surface area (Å²) in [5.74, 6) is 1.23. The van der Waals surface area contributed by atoms with E-state index in [1.54, 1.807) is 32.4 Å². The minimum absolute atomic E-state index is 0. The van der Waals surface area contributed by atoms with Crippen LogP contribution in [0.1, 0.15) is 18.4 Å². The summed E-state index contributed by atoms with van der Waals surface area (Å²) >= 11 is 0. The number of H-pyrrole nitrogens is 1. The Morgan fingerprint density at radius 3 is 2.77 bits per heavy atom. The van der Waals surface area contributed by atoms with Gasteiger partial charge in [0, 0.05) is 26.0 Å². The second-order valence-electron chi connectivity index (χ2n) is 5.20. The molecule has 0 fully saturated rings. The summed E-state index contributed by atoms with van der Waals surface area (Å²) < 4.78 is 5.26. The molecule has 0 saturated carbocycles. The van der Waals surface area contributed by atoms with Crippen molar-refractivity contribution in [2.45, 2.75) is 19.1 Å². The van der Waals surface area contributed by atoms with Crippen molar-refractivity contribution in [1.29, 1.82) is 0 Å². The molecule has 1 atom stereocenters. The van der Waals surface area contributed by atoms with Gasteiger partial charge in [0.1, 0.15) is 11.4 Å². The van der Waals surface area contributed by atoms with Crippen LogP contribution in [0.25, 0.3) is 0 Å². The number of aromatic amines is 1. The van der Waals surface area contributed by atoms with Crippen LogP contribution in [0.2, 0.25) is 0 Å². The Balaban J connectivity index is 0.00000242. The molecule has 1 unspecified atom stereocenters. The number of hydrogen-bond donors (Lipinski definition) is 3. The molecule has 0 amide bonds. The lowest BCUT2D eigenvalue weighted by Gasteiger charge is -2.26. The first-order valence-electron chi connectivity index (χ1n) is 6.83. The smallest absolute Gasteiger partial charge is 0.193 e. The van der Waals surface area contributed by atoms with Gasteiger partial charge < -0.3 is 24.7 Å². The standard InChI is InChI=1S/C15H22N4O2.HI/c1-15(20,13-7-5-9-21-13)11-18-14(16-2)19(3)10-12-6-4-8-17-12;/h4-9,17,20H,10-11H2,1-3H3,(H,16,18);1H. The van der Waals surface area contributed by atoms with Gasteiger partial charge in [0.05, 0.1) is 19.4 Å². The SMILES string of the molecule is CN=C(NCC(C)(O)c1ccco1)N(C)Cc1ccc[nH]1.I. The van der Waals surface area contributed by atoms with Crippen LogP contribution in [-0.4, -0.2) is 41.6 Å². The first kappa shape index (κ1) is 18.6. The molecule has 2 aromatic rings. The molecule has 22 heavy (non-hydrogen) atoms. The molecule has 0 bridgehead atoms. The van der Waals surface area contributed by atoms with Gasteiger partial charge in [-0.05, 0) is 31.2 Å². The summed E-state index contributed by atoms with van der Waals surface area (Å²) in [7, 11) is 3.66. The van der Waals surface area contributed by atoms with E-state index < -0.39 is 5.60 Å². The first-order valence-corrected chi connectivity index (χ1v) is 6.83. The Kier molecular flexibility index (Phi) is 6.95. The van der Waals surface area contributed by atoms with Crippen molar-refractivity contribution in [3.05, 3.63) is 48.2 Å². The third kappa shape index (κ3) is 4.77. The average molecular weight is 418 g/mol. The Hall–Kier alpha value is -1.48. The van der Waals surface area contributed by atoms with Gasteiger partial charge in [-0.2, -0.15) is 0 Å². The second kappa shape index (κ2) is 8.23. The fraction of sp³-hybridized carbons (Fsp3) is 0.400. The Morgan fingerprint density at radius 2 is 2.23 bits per heavy atom. The number of rotatable bonds is 5. The van der Waals surface area contributed by atoms with E-state index in [-0.39, 0.29) is 24.0 Å². The summed E-state index contributed by atoms with van der Waals surface area (Å²) in [6, 6.07) is 7.49. The molecule has 3 N–H and O–H groups in total. The number of nitrogens with zero attached hydrogens (tertiary/aromatic N) is 2. The monoisotopic (exact) mass is 418 g/mol. The molecule has 122 valence electrons. The summed E-state index contributed by atoms with van der Waals surface area (Å²) in [5.41, 5.74) is 0.00503. The predicted molar refractivity (Wildman–Crippen MR) is 97.3 cm³/mol. The van der Waals surface area contributed by atoms with E-state index >= 15 is 0 Å².